The van der Waals surface area contributed by atoms with Gasteiger partial charge in [0.1, 0.15) is 0 Å². The Labute approximate surface area is 112 Å². The molecule has 0 atom stereocenters. The number of hydrogen-bond acceptors (Lipinski definition) is 4. The summed E-state index contributed by atoms with van der Waals surface area (Å²) >= 11 is 1.18. The fourth-order valence-corrected chi connectivity index (χ4v) is 3.61. The Bertz CT molecular complexity index is 698. The van der Waals surface area contributed by atoms with Crippen LogP contribution in [0.4, 0.5) is 14.5 Å². The summed E-state index contributed by atoms with van der Waals surface area (Å²) in [4.78, 5) is 0.654. The highest BCUT2D eigenvalue weighted by molar-refractivity contribution is 7.92. The smallest absolute Gasteiger partial charge is 0.262 e. The van der Waals surface area contributed by atoms with Gasteiger partial charge >= 0.3 is 0 Å². The minimum absolute atomic E-state index is 0.0263. The molecule has 19 heavy (non-hydrogen) atoms. The molecule has 0 aliphatic rings. The molecule has 2 aromatic rings. The van der Waals surface area contributed by atoms with Gasteiger partial charge in [0.05, 0.1) is 10.6 Å². The average Bonchev–Trinajstić information content (AvgIpc) is 2.84. The van der Waals surface area contributed by atoms with Gasteiger partial charge in [-0.3, -0.25) is 4.72 Å². The second-order valence-corrected chi connectivity index (χ2v) is 6.34. The SMILES string of the molecule is NCc1cc(S(=O)(=O)Nc2cccc(F)c2F)cs1. The first kappa shape index (κ1) is 13.9. The van der Waals surface area contributed by atoms with Crippen molar-refractivity contribution in [1.29, 1.82) is 0 Å². The highest BCUT2D eigenvalue weighted by Gasteiger charge is 2.19. The summed E-state index contributed by atoms with van der Waals surface area (Å²) in [5.74, 6) is -2.35. The van der Waals surface area contributed by atoms with Crippen LogP contribution in [0, 0.1) is 11.6 Å². The molecule has 0 saturated heterocycles. The number of nitrogens with one attached hydrogen (secondary N) is 1. The summed E-state index contributed by atoms with van der Waals surface area (Å²) in [6, 6.07) is 4.66. The lowest BCUT2D eigenvalue weighted by atomic mass is 10.3. The van der Waals surface area contributed by atoms with E-state index in [2.05, 4.69) is 0 Å². The number of halogens is 2. The Balaban J connectivity index is 2.33. The van der Waals surface area contributed by atoms with Crippen LogP contribution in [0.25, 0.3) is 0 Å². The molecule has 0 amide bonds. The Morgan fingerprint density at radius 2 is 2.05 bits per heavy atom. The molecule has 1 aromatic heterocycles. The number of anilines is 1. The summed E-state index contributed by atoms with van der Waals surface area (Å²) in [6.45, 7) is 0.217. The van der Waals surface area contributed by atoms with Crippen LogP contribution in [0.15, 0.2) is 34.5 Å². The van der Waals surface area contributed by atoms with Crippen LogP contribution in [0.3, 0.4) is 0 Å². The number of sulfonamides is 1. The van der Waals surface area contributed by atoms with Gasteiger partial charge in [-0.25, -0.2) is 17.2 Å². The summed E-state index contributed by atoms with van der Waals surface area (Å²) in [7, 11) is -3.94. The van der Waals surface area contributed by atoms with Crippen molar-refractivity contribution in [3.8, 4) is 0 Å². The summed E-state index contributed by atoms with van der Waals surface area (Å²) < 4.78 is 52.3. The van der Waals surface area contributed by atoms with Gasteiger partial charge in [0, 0.05) is 16.8 Å². The molecule has 0 aliphatic carbocycles. The highest BCUT2D eigenvalue weighted by Crippen LogP contribution is 2.24. The van der Waals surface area contributed by atoms with Crippen molar-refractivity contribution in [3.05, 3.63) is 46.2 Å². The Morgan fingerprint density at radius 3 is 2.68 bits per heavy atom. The molecule has 0 bridgehead atoms. The van der Waals surface area contributed by atoms with Crippen molar-refractivity contribution >= 4 is 27.0 Å². The molecule has 0 aliphatic heterocycles. The Hall–Kier alpha value is -1.51. The van der Waals surface area contributed by atoms with Crippen LogP contribution in [0.2, 0.25) is 0 Å². The zero-order valence-corrected chi connectivity index (χ0v) is 11.2. The normalized spacial score (nSPS) is 11.5. The number of nitrogens with two attached hydrogens (primary N) is 1. The fraction of sp³-hybridized carbons (Fsp3) is 0.0909. The highest BCUT2D eigenvalue weighted by atomic mass is 32.2. The van der Waals surface area contributed by atoms with E-state index < -0.39 is 27.3 Å². The quantitative estimate of drug-likeness (QED) is 0.910. The number of thiophene rings is 1. The van der Waals surface area contributed by atoms with E-state index in [9.17, 15) is 17.2 Å². The summed E-state index contributed by atoms with van der Waals surface area (Å²) in [6.07, 6.45) is 0. The summed E-state index contributed by atoms with van der Waals surface area (Å²) in [5.41, 5.74) is 4.96. The third kappa shape index (κ3) is 2.91. The first-order valence-electron chi connectivity index (χ1n) is 5.18. The second-order valence-electron chi connectivity index (χ2n) is 3.66. The molecule has 1 aromatic carbocycles. The van der Waals surface area contributed by atoms with Gasteiger partial charge in [-0.05, 0) is 18.2 Å². The molecule has 0 radical (unpaired) electrons. The number of hydrogen-bond donors (Lipinski definition) is 2. The number of rotatable bonds is 4. The van der Waals surface area contributed by atoms with Crippen LogP contribution >= 0.6 is 11.3 Å². The monoisotopic (exact) mass is 304 g/mol. The molecule has 4 nitrogen and oxygen atoms in total. The van der Waals surface area contributed by atoms with E-state index in [1.165, 1.54) is 28.8 Å². The maximum Gasteiger partial charge on any atom is 0.262 e. The minimum atomic E-state index is -3.94. The van der Waals surface area contributed by atoms with Crippen LogP contribution in [-0.2, 0) is 16.6 Å². The van der Waals surface area contributed by atoms with E-state index in [4.69, 9.17) is 5.73 Å². The lowest BCUT2D eigenvalue weighted by Gasteiger charge is -2.07. The summed E-state index contributed by atoms with van der Waals surface area (Å²) in [5, 5.41) is 1.39. The zero-order valence-electron chi connectivity index (χ0n) is 9.56. The predicted molar refractivity (Wildman–Crippen MR) is 69.4 cm³/mol. The van der Waals surface area contributed by atoms with E-state index >= 15 is 0 Å². The third-order valence-electron chi connectivity index (χ3n) is 2.34. The van der Waals surface area contributed by atoms with Crippen molar-refractivity contribution in [2.24, 2.45) is 5.73 Å². The van der Waals surface area contributed by atoms with Crippen molar-refractivity contribution in [3.63, 3.8) is 0 Å². The maximum absolute atomic E-state index is 13.4. The van der Waals surface area contributed by atoms with Crippen LogP contribution in [0.1, 0.15) is 4.88 Å². The largest absolute Gasteiger partial charge is 0.326 e. The topological polar surface area (TPSA) is 72.2 Å². The van der Waals surface area contributed by atoms with E-state index in [-0.39, 0.29) is 11.4 Å². The van der Waals surface area contributed by atoms with Crippen LogP contribution in [0.5, 0.6) is 0 Å². The van der Waals surface area contributed by atoms with Crippen molar-refractivity contribution in [2.45, 2.75) is 11.4 Å². The molecule has 8 heteroatoms. The minimum Gasteiger partial charge on any atom is -0.326 e. The first-order valence-corrected chi connectivity index (χ1v) is 7.54. The lowest BCUT2D eigenvalue weighted by molar-refractivity contribution is 0.511. The van der Waals surface area contributed by atoms with Gasteiger partial charge in [0.25, 0.3) is 10.0 Å². The van der Waals surface area contributed by atoms with Gasteiger partial charge in [-0.2, -0.15) is 0 Å². The van der Waals surface area contributed by atoms with Crippen LogP contribution in [-0.4, -0.2) is 8.42 Å². The molecular weight excluding hydrogens is 294 g/mol. The van der Waals surface area contributed by atoms with Gasteiger partial charge in [-0.1, -0.05) is 6.07 Å². The molecule has 0 saturated carbocycles. The van der Waals surface area contributed by atoms with E-state index in [0.29, 0.717) is 4.88 Å². The predicted octanol–water partition coefficient (Wildman–Crippen LogP) is 2.29. The van der Waals surface area contributed by atoms with E-state index in [0.717, 1.165) is 12.1 Å². The second kappa shape index (κ2) is 5.24. The standard InChI is InChI=1S/C11H10F2N2O2S2/c12-9-2-1-3-10(11(9)13)15-19(16,17)8-4-7(5-14)18-6-8/h1-4,6,15H,5,14H2. The molecule has 0 unspecified atom stereocenters. The lowest BCUT2D eigenvalue weighted by Crippen LogP contribution is -2.13. The Kier molecular flexibility index (Phi) is 3.83. The first-order chi connectivity index (χ1) is 8.94. The van der Waals surface area contributed by atoms with Crippen LogP contribution < -0.4 is 10.5 Å². The van der Waals surface area contributed by atoms with Crippen molar-refractivity contribution in [1.82, 2.24) is 0 Å². The molecular formula is C11H10F2N2O2S2. The maximum atomic E-state index is 13.4. The molecule has 102 valence electrons. The van der Waals surface area contributed by atoms with Gasteiger partial charge < -0.3 is 5.73 Å². The fourth-order valence-electron chi connectivity index (χ4n) is 1.39. The zero-order chi connectivity index (χ0) is 14.0. The van der Waals surface area contributed by atoms with E-state index in [1.807, 2.05) is 4.72 Å². The number of benzene rings is 1. The van der Waals surface area contributed by atoms with Gasteiger partial charge in [-0.15, -0.1) is 11.3 Å². The van der Waals surface area contributed by atoms with Gasteiger partial charge in [0.2, 0.25) is 0 Å². The molecule has 3 N–H and O–H groups in total. The van der Waals surface area contributed by atoms with Gasteiger partial charge in [0.15, 0.2) is 11.6 Å². The molecule has 1 heterocycles. The van der Waals surface area contributed by atoms with Crippen molar-refractivity contribution < 1.29 is 17.2 Å². The third-order valence-corrected chi connectivity index (χ3v) is 4.79. The van der Waals surface area contributed by atoms with Crippen molar-refractivity contribution in [2.75, 3.05) is 4.72 Å². The van der Waals surface area contributed by atoms with E-state index in [1.54, 1.807) is 0 Å². The average molecular weight is 304 g/mol. The molecule has 2 rings (SSSR count). The molecule has 0 spiro atoms. The Morgan fingerprint density at radius 1 is 1.32 bits per heavy atom. The molecule has 0 fully saturated rings.